The second kappa shape index (κ2) is 9.50. The fourth-order valence-electron chi connectivity index (χ4n) is 3.09. The first-order valence-electron chi connectivity index (χ1n) is 9.32. The van der Waals surface area contributed by atoms with Crippen molar-refractivity contribution in [3.8, 4) is 11.3 Å². The molecule has 0 aliphatic carbocycles. The van der Waals surface area contributed by atoms with Gasteiger partial charge in [-0.3, -0.25) is 9.89 Å². The third-order valence-electron chi connectivity index (χ3n) is 4.50. The van der Waals surface area contributed by atoms with Crippen molar-refractivity contribution in [1.82, 2.24) is 20.2 Å². The Bertz CT molecular complexity index is 886. The van der Waals surface area contributed by atoms with Gasteiger partial charge in [0.1, 0.15) is 5.82 Å². The number of aryl methyl sites for hydroxylation is 1. The molecule has 28 heavy (non-hydrogen) atoms. The van der Waals surface area contributed by atoms with E-state index < -0.39 is 0 Å². The van der Waals surface area contributed by atoms with Crippen LogP contribution in [0.25, 0.3) is 11.3 Å². The summed E-state index contributed by atoms with van der Waals surface area (Å²) < 4.78 is 0. The topological polar surface area (TPSA) is 113 Å². The molecule has 1 amide bonds. The number of rotatable bonds is 4. The number of H-pyrrole nitrogens is 1. The summed E-state index contributed by atoms with van der Waals surface area (Å²) in [6, 6.07) is 12.3. The molecule has 8 nitrogen and oxygen atoms in total. The minimum Gasteiger partial charge on any atom is -0.372 e. The van der Waals surface area contributed by atoms with Gasteiger partial charge in [-0.1, -0.05) is 29.8 Å². The molecule has 3 aromatic rings. The Balaban J connectivity index is 0.000000706. The highest BCUT2D eigenvalue weighted by atomic mass is 16.1. The van der Waals surface area contributed by atoms with Crippen LogP contribution >= 0.6 is 0 Å². The van der Waals surface area contributed by atoms with E-state index in [1.54, 1.807) is 6.20 Å². The summed E-state index contributed by atoms with van der Waals surface area (Å²) in [7, 11) is 0. The number of benzene rings is 1. The predicted molar refractivity (Wildman–Crippen MR) is 110 cm³/mol. The Hall–Kier alpha value is -3.42. The van der Waals surface area contributed by atoms with E-state index in [1.165, 1.54) is 24.8 Å². The summed E-state index contributed by atoms with van der Waals surface area (Å²) in [6.45, 7) is 4.21. The molecule has 2 aromatic heterocycles. The van der Waals surface area contributed by atoms with Crippen LogP contribution in [0, 0.1) is 6.92 Å². The number of hydrogen-bond donors (Lipinski definition) is 3. The highest BCUT2D eigenvalue weighted by molar-refractivity contribution is 5.64. The van der Waals surface area contributed by atoms with Gasteiger partial charge in [0.2, 0.25) is 12.4 Å². The molecule has 0 radical (unpaired) electrons. The average Bonchev–Trinajstić information content (AvgIpc) is 3.18. The second-order valence-electron chi connectivity index (χ2n) is 6.58. The molecule has 1 aliphatic heterocycles. The molecule has 0 bridgehead atoms. The first kappa shape index (κ1) is 19.3. The van der Waals surface area contributed by atoms with E-state index in [0.29, 0.717) is 11.8 Å². The van der Waals surface area contributed by atoms with E-state index in [4.69, 9.17) is 4.79 Å². The summed E-state index contributed by atoms with van der Waals surface area (Å²) in [5.74, 6) is 2.27. The Morgan fingerprint density at radius 2 is 1.86 bits per heavy atom. The van der Waals surface area contributed by atoms with Gasteiger partial charge in [0, 0.05) is 25.4 Å². The van der Waals surface area contributed by atoms with Gasteiger partial charge in [-0.05, 0) is 37.8 Å². The highest BCUT2D eigenvalue weighted by Crippen LogP contribution is 2.23. The SMILES string of the molecule is Cc1ccc(-c2cc(Nc3nccc(N4CCCCC4)n3)n[nH]2)cc1.NC=O. The van der Waals surface area contributed by atoms with E-state index in [0.717, 1.165) is 30.2 Å². The van der Waals surface area contributed by atoms with Crippen molar-refractivity contribution < 1.29 is 4.79 Å². The maximum Gasteiger partial charge on any atom is 0.230 e. The molecular weight excluding hydrogens is 354 g/mol. The molecule has 146 valence electrons. The number of primary amides is 1. The molecule has 4 N–H and O–H groups in total. The molecule has 1 aromatic carbocycles. The first-order valence-corrected chi connectivity index (χ1v) is 9.32. The van der Waals surface area contributed by atoms with Gasteiger partial charge >= 0.3 is 0 Å². The maximum absolute atomic E-state index is 8.58. The lowest BCUT2D eigenvalue weighted by Crippen LogP contribution is -2.30. The monoisotopic (exact) mass is 379 g/mol. The van der Waals surface area contributed by atoms with Crippen LogP contribution in [-0.4, -0.2) is 39.7 Å². The summed E-state index contributed by atoms with van der Waals surface area (Å²) in [4.78, 5) is 19.9. The van der Waals surface area contributed by atoms with Crippen molar-refractivity contribution in [3.63, 3.8) is 0 Å². The number of nitrogens with zero attached hydrogens (tertiary/aromatic N) is 4. The fourth-order valence-corrected chi connectivity index (χ4v) is 3.09. The summed E-state index contributed by atoms with van der Waals surface area (Å²) in [5, 5.41) is 10.6. The van der Waals surface area contributed by atoms with Crippen molar-refractivity contribution in [1.29, 1.82) is 0 Å². The lowest BCUT2D eigenvalue weighted by Gasteiger charge is -2.27. The van der Waals surface area contributed by atoms with Crippen LogP contribution in [0.1, 0.15) is 24.8 Å². The zero-order valence-corrected chi connectivity index (χ0v) is 15.9. The molecule has 8 heteroatoms. The lowest BCUT2D eigenvalue weighted by atomic mass is 10.1. The van der Waals surface area contributed by atoms with Gasteiger partial charge in [0.15, 0.2) is 5.82 Å². The number of amides is 1. The van der Waals surface area contributed by atoms with Gasteiger partial charge < -0.3 is 16.0 Å². The van der Waals surface area contributed by atoms with Crippen LogP contribution in [-0.2, 0) is 4.79 Å². The van der Waals surface area contributed by atoms with Gasteiger partial charge in [-0.15, -0.1) is 0 Å². The van der Waals surface area contributed by atoms with Crippen LogP contribution in [0.15, 0.2) is 42.6 Å². The standard InChI is InChI=1S/C19H22N6.CH3NO/c1-14-5-7-15(8-6-14)16-13-17(24-23-16)21-19-20-10-9-18(22-19)25-11-3-2-4-12-25;2-1-3/h5-10,13H,2-4,11-12H2,1H3,(H2,20,21,22,23,24);1H,(H2,2,3). The number of aromatic amines is 1. The average molecular weight is 379 g/mol. The zero-order chi connectivity index (χ0) is 19.8. The predicted octanol–water partition coefficient (Wildman–Crippen LogP) is 3.01. The van der Waals surface area contributed by atoms with Gasteiger partial charge in [0.25, 0.3) is 0 Å². The van der Waals surface area contributed by atoms with Gasteiger partial charge in [0.05, 0.1) is 5.69 Å². The third kappa shape index (κ3) is 5.06. The number of aromatic nitrogens is 4. The maximum atomic E-state index is 8.58. The second-order valence-corrected chi connectivity index (χ2v) is 6.58. The van der Waals surface area contributed by atoms with Crippen molar-refractivity contribution in [2.24, 2.45) is 5.73 Å². The Labute approximate surface area is 164 Å². The van der Waals surface area contributed by atoms with Gasteiger partial charge in [-0.2, -0.15) is 10.1 Å². The van der Waals surface area contributed by atoms with Crippen LogP contribution in [0.2, 0.25) is 0 Å². The number of anilines is 3. The van der Waals surface area contributed by atoms with Crippen LogP contribution in [0.4, 0.5) is 17.6 Å². The van der Waals surface area contributed by atoms with E-state index in [2.05, 4.69) is 67.3 Å². The number of hydrogen-bond acceptors (Lipinski definition) is 6. The minimum atomic E-state index is 0.250. The Kier molecular flexibility index (Phi) is 6.56. The van der Waals surface area contributed by atoms with E-state index >= 15 is 0 Å². The first-order chi connectivity index (χ1) is 13.7. The van der Waals surface area contributed by atoms with Crippen LogP contribution in [0.3, 0.4) is 0 Å². The van der Waals surface area contributed by atoms with Crippen molar-refractivity contribution in [3.05, 3.63) is 48.2 Å². The molecule has 0 atom stereocenters. The third-order valence-corrected chi connectivity index (χ3v) is 4.50. The molecule has 0 spiro atoms. The summed E-state index contributed by atoms with van der Waals surface area (Å²) in [6.07, 6.45) is 5.81. The number of carbonyl (C=O) groups is 1. The van der Waals surface area contributed by atoms with Crippen LogP contribution in [0.5, 0.6) is 0 Å². The summed E-state index contributed by atoms with van der Waals surface area (Å²) in [5.41, 5.74) is 7.48. The number of nitrogens with two attached hydrogens (primary N) is 1. The van der Waals surface area contributed by atoms with E-state index in [1.807, 2.05) is 12.1 Å². The molecule has 1 saturated heterocycles. The summed E-state index contributed by atoms with van der Waals surface area (Å²) >= 11 is 0. The van der Waals surface area contributed by atoms with E-state index in [-0.39, 0.29) is 6.41 Å². The van der Waals surface area contributed by atoms with Gasteiger partial charge in [-0.25, -0.2) is 4.98 Å². The Morgan fingerprint density at radius 3 is 2.57 bits per heavy atom. The molecule has 1 fully saturated rings. The lowest BCUT2D eigenvalue weighted by molar-refractivity contribution is -0.106. The van der Waals surface area contributed by atoms with Crippen molar-refractivity contribution >= 4 is 24.0 Å². The number of nitrogens with one attached hydrogen (secondary N) is 2. The zero-order valence-electron chi connectivity index (χ0n) is 15.9. The highest BCUT2D eigenvalue weighted by Gasteiger charge is 2.13. The fraction of sp³-hybridized carbons (Fsp3) is 0.300. The molecule has 0 unspecified atom stereocenters. The molecular formula is C20H25N7O. The van der Waals surface area contributed by atoms with E-state index in [9.17, 15) is 0 Å². The molecule has 0 saturated carbocycles. The molecule has 4 rings (SSSR count). The van der Waals surface area contributed by atoms with Crippen molar-refractivity contribution in [2.75, 3.05) is 23.3 Å². The largest absolute Gasteiger partial charge is 0.372 e. The smallest absolute Gasteiger partial charge is 0.230 e. The number of piperidine rings is 1. The normalized spacial score (nSPS) is 13.4. The minimum absolute atomic E-state index is 0.250. The number of carbonyl (C=O) groups excluding carboxylic acids is 1. The van der Waals surface area contributed by atoms with Crippen LogP contribution < -0.4 is 16.0 Å². The molecule has 3 heterocycles. The molecule has 1 aliphatic rings. The Morgan fingerprint density at radius 1 is 1.14 bits per heavy atom. The quantitative estimate of drug-likeness (QED) is 0.601. The van der Waals surface area contributed by atoms with Crippen molar-refractivity contribution in [2.45, 2.75) is 26.2 Å².